The smallest absolute Gasteiger partial charge is 0.173 e. The van der Waals surface area contributed by atoms with Gasteiger partial charge < -0.3 is 14.9 Å². The van der Waals surface area contributed by atoms with Gasteiger partial charge in [-0.3, -0.25) is 4.79 Å². The van der Waals surface area contributed by atoms with Crippen LogP contribution in [0.5, 0.6) is 5.75 Å². The summed E-state index contributed by atoms with van der Waals surface area (Å²) < 4.78 is 5.67. The number of aliphatic hydroxyl groups excluding tert-OH is 2. The average Bonchev–Trinajstić information content (AvgIpc) is 3.07. The van der Waals surface area contributed by atoms with Crippen LogP contribution in [0.15, 0.2) is 17.5 Å². The molecule has 1 unspecified atom stereocenters. The van der Waals surface area contributed by atoms with E-state index in [-0.39, 0.29) is 19.0 Å². The van der Waals surface area contributed by atoms with Crippen molar-refractivity contribution in [1.29, 1.82) is 0 Å². The number of Topliss-reactive ketones (excluding diaryl/α,β-unsaturated/α-hetero) is 1. The lowest BCUT2D eigenvalue weighted by Crippen LogP contribution is -2.21. The van der Waals surface area contributed by atoms with Crippen LogP contribution < -0.4 is 4.74 Å². The van der Waals surface area contributed by atoms with Gasteiger partial charge in [0.25, 0.3) is 0 Å². The summed E-state index contributed by atoms with van der Waals surface area (Å²) >= 11 is 1.61. The fourth-order valence-corrected chi connectivity index (χ4v) is 4.91. The zero-order chi connectivity index (χ0) is 22.3. The minimum Gasteiger partial charge on any atom is -0.490 e. The van der Waals surface area contributed by atoms with Crippen molar-refractivity contribution in [3.05, 3.63) is 50.2 Å². The Hall–Kier alpha value is -1.69. The molecule has 0 aliphatic carbocycles. The van der Waals surface area contributed by atoms with E-state index < -0.39 is 6.10 Å². The van der Waals surface area contributed by atoms with Crippen LogP contribution in [0, 0.1) is 19.8 Å². The minimum absolute atomic E-state index is 0.0628. The number of carbonyl (C=O) groups is 1. The van der Waals surface area contributed by atoms with Crippen molar-refractivity contribution in [3.63, 3.8) is 0 Å². The van der Waals surface area contributed by atoms with Gasteiger partial charge in [0, 0.05) is 6.42 Å². The molecule has 2 N–H and O–H groups in total. The van der Waals surface area contributed by atoms with E-state index in [1.165, 1.54) is 11.1 Å². The highest BCUT2D eigenvalue weighted by molar-refractivity contribution is 7.12. The molecule has 5 heteroatoms. The molecule has 4 nitrogen and oxygen atoms in total. The Balaban J connectivity index is 2.08. The molecule has 1 aromatic heterocycles. The van der Waals surface area contributed by atoms with Crippen LogP contribution in [-0.2, 0) is 19.3 Å². The van der Waals surface area contributed by atoms with E-state index in [0.29, 0.717) is 18.8 Å². The Morgan fingerprint density at radius 2 is 1.83 bits per heavy atom. The molecule has 0 saturated heterocycles. The second-order valence-electron chi connectivity index (χ2n) is 8.55. The fourth-order valence-electron chi connectivity index (χ4n) is 3.80. The topological polar surface area (TPSA) is 66.8 Å². The third kappa shape index (κ3) is 6.66. The molecule has 0 amide bonds. The monoisotopic (exact) mass is 432 g/mol. The summed E-state index contributed by atoms with van der Waals surface area (Å²) in [6, 6.07) is 4.10. The standard InChI is InChI=1S/C25H36O4S/c1-6-7-22-20(10-16(2)3)15-30-25(22)23(28)9-8-19-11-17(4)24(18(5)12-19)29-14-21(27)13-26/h11-12,15-16,21,26-27H,6-10,13-14H2,1-5H3. The number of ketones is 1. The van der Waals surface area contributed by atoms with Crippen LogP contribution in [0.25, 0.3) is 0 Å². The maximum Gasteiger partial charge on any atom is 0.173 e. The summed E-state index contributed by atoms with van der Waals surface area (Å²) in [6.45, 7) is 10.3. The van der Waals surface area contributed by atoms with Gasteiger partial charge in [0.05, 0.1) is 11.5 Å². The van der Waals surface area contributed by atoms with Crippen molar-refractivity contribution in [2.24, 2.45) is 5.92 Å². The first kappa shape index (κ1) is 24.6. The van der Waals surface area contributed by atoms with Crippen molar-refractivity contribution in [2.75, 3.05) is 13.2 Å². The molecule has 1 aromatic carbocycles. The molecular weight excluding hydrogens is 396 g/mol. The largest absolute Gasteiger partial charge is 0.490 e. The summed E-state index contributed by atoms with van der Waals surface area (Å²) in [7, 11) is 0. The van der Waals surface area contributed by atoms with Gasteiger partial charge in [-0.05, 0) is 72.2 Å². The third-order valence-corrected chi connectivity index (χ3v) is 6.27. The van der Waals surface area contributed by atoms with E-state index in [9.17, 15) is 9.90 Å². The summed E-state index contributed by atoms with van der Waals surface area (Å²) in [6.07, 6.45) is 3.36. The molecule has 0 bridgehead atoms. The first-order chi connectivity index (χ1) is 14.3. The van der Waals surface area contributed by atoms with E-state index in [4.69, 9.17) is 9.84 Å². The molecule has 30 heavy (non-hydrogen) atoms. The summed E-state index contributed by atoms with van der Waals surface area (Å²) in [5.74, 6) is 1.56. The highest BCUT2D eigenvalue weighted by Gasteiger charge is 2.18. The maximum atomic E-state index is 13.0. The van der Waals surface area contributed by atoms with Crippen molar-refractivity contribution in [3.8, 4) is 5.75 Å². The first-order valence-electron chi connectivity index (χ1n) is 10.9. The molecule has 0 fully saturated rings. The zero-order valence-electron chi connectivity index (χ0n) is 19.0. The first-order valence-corrected chi connectivity index (χ1v) is 11.8. The second kappa shape index (κ2) is 11.6. The number of benzene rings is 1. The summed E-state index contributed by atoms with van der Waals surface area (Å²) in [5.41, 5.74) is 5.68. The van der Waals surface area contributed by atoms with Gasteiger partial charge in [0.1, 0.15) is 18.5 Å². The highest BCUT2D eigenvalue weighted by Crippen LogP contribution is 2.29. The second-order valence-corrected chi connectivity index (χ2v) is 9.43. The molecule has 1 atom stereocenters. The number of hydrogen-bond donors (Lipinski definition) is 2. The van der Waals surface area contributed by atoms with E-state index in [2.05, 4.69) is 26.2 Å². The minimum atomic E-state index is -0.884. The molecule has 0 spiro atoms. The Kier molecular flexibility index (Phi) is 9.53. The maximum absolute atomic E-state index is 13.0. The molecule has 0 saturated carbocycles. The zero-order valence-corrected chi connectivity index (χ0v) is 19.8. The molecule has 166 valence electrons. The number of aryl methyl sites for hydroxylation is 3. The number of rotatable bonds is 12. The van der Waals surface area contributed by atoms with Gasteiger partial charge in [-0.2, -0.15) is 0 Å². The van der Waals surface area contributed by atoms with Crippen LogP contribution in [0.1, 0.15) is 71.1 Å². The molecule has 0 aliphatic rings. The predicted octanol–water partition coefficient (Wildman–Crippen LogP) is 5.06. The third-order valence-electron chi connectivity index (χ3n) is 5.15. The number of aliphatic hydroxyl groups is 2. The molecule has 0 radical (unpaired) electrons. The van der Waals surface area contributed by atoms with Crippen LogP contribution in [0.2, 0.25) is 0 Å². The molecule has 1 heterocycles. The average molecular weight is 433 g/mol. The number of hydrogen-bond acceptors (Lipinski definition) is 5. The normalized spacial score (nSPS) is 12.4. The number of thiophene rings is 1. The lowest BCUT2D eigenvalue weighted by atomic mass is 9.95. The lowest BCUT2D eigenvalue weighted by molar-refractivity contribution is 0.0531. The van der Waals surface area contributed by atoms with E-state index in [0.717, 1.165) is 46.6 Å². The van der Waals surface area contributed by atoms with Crippen molar-refractivity contribution >= 4 is 17.1 Å². The van der Waals surface area contributed by atoms with E-state index in [1.807, 2.05) is 26.0 Å². The number of carbonyl (C=O) groups excluding carboxylic acids is 1. The Morgan fingerprint density at radius 1 is 1.17 bits per heavy atom. The van der Waals surface area contributed by atoms with E-state index in [1.54, 1.807) is 11.3 Å². The Morgan fingerprint density at radius 3 is 2.40 bits per heavy atom. The van der Waals surface area contributed by atoms with Gasteiger partial charge in [0.15, 0.2) is 5.78 Å². The fraction of sp³-hybridized carbons (Fsp3) is 0.560. The van der Waals surface area contributed by atoms with Gasteiger partial charge >= 0.3 is 0 Å². The summed E-state index contributed by atoms with van der Waals surface area (Å²) in [4.78, 5) is 13.9. The van der Waals surface area contributed by atoms with Gasteiger partial charge in [-0.15, -0.1) is 11.3 Å². The van der Waals surface area contributed by atoms with Crippen molar-refractivity contribution in [1.82, 2.24) is 0 Å². The molecule has 0 aliphatic heterocycles. The van der Waals surface area contributed by atoms with Gasteiger partial charge in [-0.1, -0.05) is 39.3 Å². The van der Waals surface area contributed by atoms with E-state index >= 15 is 0 Å². The van der Waals surface area contributed by atoms with Gasteiger partial charge in [-0.25, -0.2) is 0 Å². The molecule has 2 rings (SSSR count). The lowest BCUT2D eigenvalue weighted by Gasteiger charge is -2.16. The Bertz CT molecular complexity index is 815. The van der Waals surface area contributed by atoms with Crippen LogP contribution in [0.3, 0.4) is 0 Å². The quantitative estimate of drug-likeness (QED) is 0.460. The summed E-state index contributed by atoms with van der Waals surface area (Å²) in [5, 5.41) is 20.6. The SMILES string of the molecule is CCCc1c(CC(C)C)csc1C(=O)CCc1cc(C)c(OCC(O)CO)c(C)c1. The van der Waals surface area contributed by atoms with Crippen LogP contribution in [0.4, 0.5) is 0 Å². The molecule has 2 aromatic rings. The van der Waals surface area contributed by atoms with Crippen molar-refractivity contribution < 1.29 is 19.7 Å². The van der Waals surface area contributed by atoms with Crippen LogP contribution >= 0.6 is 11.3 Å². The van der Waals surface area contributed by atoms with Crippen molar-refractivity contribution in [2.45, 2.75) is 72.8 Å². The predicted molar refractivity (Wildman–Crippen MR) is 124 cm³/mol. The molecular formula is C25H36O4S. The highest BCUT2D eigenvalue weighted by atomic mass is 32.1. The van der Waals surface area contributed by atoms with Gasteiger partial charge in [0.2, 0.25) is 0 Å². The Labute approximate surface area is 184 Å². The number of ether oxygens (including phenoxy) is 1. The van der Waals surface area contributed by atoms with Crippen LogP contribution in [-0.4, -0.2) is 35.3 Å².